The largest absolute Gasteiger partial charge is 0.373 e. The number of morpholine rings is 1. The van der Waals surface area contributed by atoms with E-state index in [1.54, 1.807) is 0 Å². The third-order valence-electron chi connectivity index (χ3n) is 4.26. The zero-order valence-corrected chi connectivity index (χ0v) is 13.9. The van der Waals surface area contributed by atoms with Crippen molar-refractivity contribution in [2.45, 2.75) is 31.9 Å². The molecule has 0 bridgehead atoms. The summed E-state index contributed by atoms with van der Waals surface area (Å²) in [5.41, 5.74) is 1.76. The molecular weight excluding hydrogens is 332 g/mol. The molecule has 0 aromatic heterocycles. The minimum Gasteiger partial charge on any atom is -0.373 e. The monoisotopic (exact) mass is 352 g/mol. The second-order valence-corrected chi connectivity index (χ2v) is 6.89. The highest BCUT2D eigenvalue weighted by atomic mass is 79.9. The summed E-state index contributed by atoms with van der Waals surface area (Å²) >= 11 is 3.43. The van der Waals surface area contributed by atoms with Crippen molar-refractivity contribution < 1.29 is 9.53 Å². The molecule has 0 radical (unpaired) electrons. The number of halogens is 1. The van der Waals surface area contributed by atoms with Gasteiger partial charge in [0.25, 0.3) is 5.91 Å². The Morgan fingerprint density at radius 1 is 1.48 bits per heavy atom. The highest BCUT2D eigenvalue weighted by Gasteiger charge is 2.32. The first-order valence-corrected chi connectivity index (χ1v) is 8.32. The molecule has 2 atom stereocenters. The van der Waals surface area contributed by atoms with Crippen LogP contribution in [-0.4, -0.2) is 49.2 Å². The number of rotatable bonds is 3. The van der Waals surface area contributed by atoms with Gasteiger partial charge in [-0.1, -0.05) is 15.9 Å². The average Bonchev–Trinajstić information content (AvgIpc) is 2.91. The maximum Gasteiger partial charge on any atom is 0.251 e. The predicted octanol–water partition coefficient (Wildman–Crippen LogP) is 2.35. The summed E-state index contributed by atoms with van der Waals surface area (Å²) in [6, 6.07) is 6.35. The number of hydrogen-bond acceptors (Lipinski definition) is 3. The van der Waals surface area contributed by atoms with Crippen LogP contribution in [0.25, 0.3) is 0 Å². The number of benzene rings is 1. The standard InChI is InChI=1S/C16H21BrN2O2/c1-11-5-12(7-13(17)6-11)16(20)18-8-15-9-19-4-2-3-14(19)10-21-15/h5-7,14-15H,2-4,8-10H2,1H3,(H,18,20). The molecule has 2 saturated heterocycles. The van der Waals surface area contributed by atoms with Gasteiger partial charge in [-0.2, -0.15) is 0 Å². The Labute approximate surface area is 134 Å². The quantitative estimate of drug-likeness (QED) is 0.907. The molecular formula is C16H21BrN2O2. The smallest absolute Gasteiger partial charge is 0.251 e. The highest BCUT2D eigenvalue weighted by molar-refractivity contribution is 9.10. The van der Waals surface area contributed by atoms with Gasteiger partial charge in [0.1, 0.15) is 0 Å². The minimum atomic E-state index is -0.0356. The van der Waals surface area contributed by atoms with Crippen molar-refractivity contribution in [3.8, 4) is 0 Å². The molecule has 2 heterocycles. The lowest BCUT2D eigenvalue weighted by atomic mass is 10.1. The molecule has 0 aliphatic carbocycles. The van der Waals surface area contributed by atoms with Gasteiger partial charge < -0.3 is 10.1 Å². The molecule has 2 fully saturated rings. The number of carbonyl (C=O) groups excluding carboxylic acids is 1. The van der Waals surface area contributed by atoms with Crippen molar-refractivity contribution in [1.29, 1.82) is 0 Å². The lowest BCUT2D eigenvalue weighted by molar-refractivity contribution is -0.0461. The Kier molecular flexibility index (Phi) is 4.62. The van der Waals surface area contributed by atoms with Crippen LogP contribution in [-0.2, 0) is 4.74 Å². The first-order chi connectivity index (χ1) is 10.1. The maximum atomic E-state index is 12.2. The van der Waals surface area contributed by atoms with Crippen molar-refractivity contribution in [3.05, 3.63) is 33.8 Å². The van der Waals surface area contributed by atoms with Crippen LogP contribution in [0.2, 0.25) is 0 Å². The van der Waals surface area contributed by atoms with E-state index in [9.17, 15) is 4.79 Å². The van der Waals surface area contributed by atoms with Gasteiger partial charge in [-0.15, -0.1) is 0 Å². The summed E-state index contributed by atoms with van der Waals surface area (Å²) in [4.78, 5) is 14.7. The van der Waals surface area contributed by atoms with Crippen LogP contribution in [0, 0.1) is 6.92 Å². The van der Waals surface area contributed by atoms with E-state index in [0.29, 0.717) is 18.2 Å². The molecule has 1 aromatic rings. The van der Waals surface area contributed by atoms with Crippen LogP contribution in [0.4, 0.5) is 0 Å². The van der Waals surface area contributed by atoms with Crippen LogP contribution < -0.4 is 5.32 Å². The third-order valence-corrected chi connectivity index (χ3v) is 4.71. The second-order valence-electron chi connectivity index (χ2n) is 5.97. The number of ether oxygens (including phenoxy) is 1. The lowest BCUT2D eigenvalue weighted by Crippen LogP contribution is -2.50. The van der Waals surface area contributed by atoms with Crippen molar-refractivity contribution in [2.75, 3.05) is 26.2 Å². The SMILES string of the molecule is Cc1cc(Br)cc(C(=O)NCC2CN3CCCC3CO2)c1. The Hall–Kier alpha value is -0.910. The zero-order chi connectivity index (χ0) is 14.8. The Balaban J connectivity index is 1.53. The van der Waals surface area contributed by atoms with Gasteiger partial charge in [0.05, 0.1) is 12.7 Å². The van der Waals surface area contributed by atoms with Crippen molar-refractivity contribution in [3.63, 3.8) is 0 Å². The minimum absolute atomic E-state index is 0.0356. The molecule has 21 heavy (non-hydrogen) atoms. The number of aryl methyl sites for hydroxylation is 1. The van der Waals surface area contributed by atoms with Gasteiger partial charge in [0.2, 0.25) is 0 Å². The Morgan fingerprint density at radius 3 is 3.14 bits per heavy atom. The van der Waals surface area contributed by atoms with E-state index >= 15 is 0 Å². The number of nitrogens with one attached hydrogen (secondary N) is 1. The fourth-order valence-corrected chi connectivity index (χ4v) is 3.79. The molecule has 4 nitrogen and oxygen atoms in total. The molecule has 0 saturated carbocycles. The van der Waals surface area contributed by atoms with E-state index in [1.807, 2.05) is 25.1 Å². The van der Waals surface area contributed by atoms with E-state index in [2.05, 4.69) is 26.1 Å². The summed E-state index contributed by atoms with van der Waals surface area (Å²) in [5.74, 6) is -0.0356. The van der Waals surface area contributed by atoms with Crippen LogP contribution in [0.5, 0.6) is 0 Å². The van der Waals surface area contributed by atoms with E-state index in [-0.39, 0.29) is 12.0 Å². The van der Waals surface area contributed by atoms with Gasteiger partial charge in [-0.05, 0) is 50.1 Å². The molecule has 0 spiro atoms. The molecule has 1 N–H and O–H groups in total. The average molecular weight is 353 g/mol. The topological polar surface area (TPSA) is 41.6 Å². The predicted molar refractivity (Wildman–Crippen MR) is 85.5 cm³/mol. The summed E-state index contributed by atoms with van der Waals surface area (Å²) < 4.78 is 6.79. The Morgan fingerprint density at radius 2 is 2.33 bits per heavy atom. The van der Waals surface area contributed by atoms with Crippen LogP contribution in [0.3, 0.4) is 0 Å². The van der Waals surface area contributed by atoms with Crippen LogP contribution >= 0.6 is 15.9 Å². The van der Waals surface area contributed by atoms with Crippen molar-refractivity contribution in [2.24, 2.45) is 0 Å². The molecule has 2 unspecified atom stereocenters. The molecule has 114 valence electrons. The van der Waals surface area contributed by atoms with E-state index in [1.165, 1.54) is 19.4 Å². The number of nitrogens with zero attached hydrogens (tertiary/aromatic N) is 1. The lowest BCUT2D eigenvalue weighted by Gasteiger charge is -2.35. The molecule has 1 amide bonds. The number of fused-ring (bicyclic) bond motifs is 1. The van der Waals surface area contributed by atoms with Gasteiger partial charge >= 0.3 is 0 Å². The van der Waals surface area contributed by atoms with Gasteiger partial charge in [-0.3, -0.25) is 9.69 Å². The molecule has 2 aliphatic rings. The van der Waals surface area contributed by atoms with E-state index < -0.39 is 0 Å². The van der Waals surface area contributed by atoms with Gasteiger partial charge in [0.15, 0.2) is 0 Å². The third kappa shape index (κ3) is 3.65. The number of hydrogen-bond donors (Lipinski definition) is 1. The fraction of sp³-hybridized carbons (Fsp3) is 0.562. The molecule has 1 aromatic carbocycles. The van der Waals surface area contributed by atoms with Crippen molar-refractivity contribution >= 4 is 21.8 Å². The highest BCUT2D eigenvalue weighted by Crippen LogP contribution is 2.22. The van der Waals surface area contributed by atoms with E-state index in [4.69, 9.17) is 4.74 Å². The normalized spacial score (nSPS) is 25.6. The summed E-state index contributed by atoms with van der Waals surface area (Å²) in [6.45, 7) is 5.47. The fourth-order valence-electron chi connectivity index (χ4n) is 3.19. The first kappa shape index (κ1) is 15.0. The Bertz CT molecular complexity index is 515. The van der Waals surface area contributed by atoms with Crippen LogP contribution in [0.1, 0.15) is 28.8 Å². The summed E-state index contributed by atoms with van der Waals surface area (Å²) in [5, 5.41) is 2.99. The number of carbonyl (C=O) groups is 1. The number of amides is 1. The summed E-state index contributed by atoms with van der Waals surface area (Å²) in [7, 11) is 0. The van der Waals surface area contributed by atoms with Crippen molar-refractivity contribution in [1.82, 2.24) is 10.2 Å². The molecule has 2 aliphatic heterocycles. The summed E-state index contributed by atoms with van der Waals surface area (Å²) in [6.07, 6.45) is 2.62. The maximum absolute atomic E-state index is 12.2. The second kappa shape index (κ2) is 6.46. The molecule has 5 heteroatoms. The van der Waals surface area contributed by atoms with Gasteiger partial charge in [-0.25, -0.2) is 0 Å². The molecule has 3 rings (SSSR count). The van der Waals surface area contributed by atoms with Gasteiger partial charge in [0, 0.05) is 29.2 Å². The van der Waals surface area contributed by atoms with E-state index in [0.717, 1.165) is 23.2 Å². The first-order valence-electron chi connectivity index (χ1n) is 7.53. The van der Waals surface area contributed by atoms with Crippen LogP contribution in [0.15, 0.2) is 22.7 Å². The zero-order valence-electron chi connectivity index (χ0n) is 12.3.